The molecule has 1 aromatic heterocycles. The predicted octanol–water partition coefficient (Wildman–Crippen LogP) is 3.17. The van der Waals surface area contributed by atoms with Crippen LogP contribution in [0.15, 0.2) is 48.5 Å². The van der Waals surface area contributed by atoms with E-state index >= 15 is 0 Å². The van der Waals surface area contributed by atoms with Crippen LogP contribution in [0.5, 0.6) is 17.2 Å². The highest BCUT2D eigenvalue weighted by Crippen LogP contribution is 2.33. The zero-order chi connectivity index (χ0) is 18.8. The Hall–Kier alpha value is -3.48. The number of carbonyl (C=O) groups is 1. The molecule has 7 nitrogen and oxygen atoms in total. The lowest BCUT2D eigenvalue weighted by molar-refractivity contribution is -0.125. The lowest BCUT2D eigenvalue weighted by atomic mass is 10.1. The average molecular weight is 365 g/mol. The number of aromatic amines is 1. The van der Waals surface area contributed by atoms with Crippen molar-refractivity contribution in [2.75, 3.05) is 19.0 Å². The van der Waals surface area contributed by atoms with Crippen LogP contribution in [0.4, 0.5) is 5.82 Å². The van der Waals surface area contributed by atoms with Crippen LogP contribution >= 0.6 is 0 Å². The minimum atomic E-state index is -0.749. The van der Waals surface area contributed by atoms with Crippen LogP contribution in [0.2, 0.25) is 0 Å². The van der Waals surface area contributed by atoms with E-state index in [-0.39, 0.29) is 12.5 Å². The van der Waals surface area contributed by atoms with Gasteiger partial charge in [0.05, 0.1) is 7.11 Å². The first-order chi connectivity index (χ1) is 13.2. The summed E-state index contributed by atoms with van der Waals surface area (Å²) in [4.78, 5) is 12.7. The SMILES string of the molecule is COc1ccc(-c2c(NC(=O)[C@@H]3COc4ccccc4O3)n[nH]c2C)cc1. The number of fused-ring (bicyclic) bond motifs is 1. The highest BCUT2D eigenvalue weighted by atomic mass is 16.6. The summed E-state index contributed by atoms with van der Waals surface area (Å²) >= 11 is 0. The Labute approximate surface area is 156 Å². The Morgan fingerprint density at radius 3 is 2.67 bits per heavy atom. The van der Waals surface area contributed by atoms with Gasteiger partial charge in [0.25, 0.3) is 5.91 Å². The van der Waals surface area contributed by atoms with Crippen LogP contribution in [0, 0.1) is 6.92 Å². The normalized spacial score (nSPS) is 15.3. The van der Waals surface area contributed by atoms with Gasteiger partial charge < -0.3 is 19.5 Å². The van der Waals surface area contributed by atoms with E-state index in [0.29, 0.717) is 17.3 Å². The Balaban J connectivity index is 1.54. The minimum absolute atomic E-state index is 0.143. The van der Waals surface area contributed by atoms with Gasteiger partial charge in [0.2, 0.25) is 6.10 Å². The molecule has 0 spiro atoms. The number of benzene rings is 2. The molecule has 3 aromatic rings. The second-order valence-electron chi connectivity index (χ2n) is 6.15. The first-order valence-corrected chi connectivity index (χ1v) is 8.54. The Morgan fingerprint density at radius 1 is 1.19 bits per heavy atom. The minimum Gasteiger partial charge on any atom is -0.497 e. The predicted molar refractivity (Wildman–Crippen MR) is 100 cm³/mol. The van der Waals surface area contributed by atoms with Gasteiger partial charge in [0.15, 0.2) is 17.3 Å². The van der Waals surface area contributed by atoms with E-state index in [1.165, 1.54) is 0 Å². The smallest absolute Gasteiger partial charge is 0.270 e. The molecule has 0 unspecified atom stereocenters. The van der Waals surface area contributed by atoms with Crippen molar-refractivity contribution in [1.29, 1.82) is 0 Å². The summed E-state index contributed by atoms with van der Waals surface area (Å²) in [5, 5.41) is 9.99. The van der Waals surface area contributed by atoms with Crippen molar-refractivity contribution >= 4 is 11.7 Å². The van der Waals surface area contributed by atoms with Gasteiger partial charge in [0.1, 0.15) is 12.4 Å². The first-order valence-electron chi connectivity index (χ1n) is 8.54. The van der Waals surface area contributed by atoms with Gasteiger partial charge in [-0.2, -0.15) is 5.10 Å². The lowest BCUT2D eigenvalue weighted by Crippen LogP contribution is -2.40. The molecule has 1 atom stereocenters. The molecule has 1 amide bonds. The number of carbonyl (C=O) groups excluding carboxylic acids is 1. The summed E-state index contributed by atoms with van der Waals surface area (Å²) in [5.41, 5.74) is 2.59. The Kier molecular flexibility index (Phi) is 4.42. The topological polar surface area (TPSA) is 85.5 Å². The molecule has 4 rings (SSSR count). The second-order valence-corrected chi connectivity index (χ2v) is 6.15. The van der Waals surface area contributed by atoms with Crippen molar-refractivity contribution in [1.82, 2.24) is 10.2 Å². The molecule has 1 aliphatic rings. The van der Waals surface area contributed by atoms with Crippen molar-refractivity contribution in [3.05, 3.63) is 54.2 Å². The number of H-pyrrole nitrogens is 1. The highest BCUT2D eigenvalue weighted by Gasteiger charge is 2.28. The number of hydrogen-bond donors (Lipinski definition) is 2. The molecule has 0 bridgehead atoms. The van der Waals surface area contributed by atoms with Gasteiger partial charge in [-0.25, -0.2) is 0 Å². The monoisotopic (exact) mass is 365 g/mol. The van der Waals surface area contributed by atoms with Crippen molar-refractivity contribution in [2.24, 2.45) is 0 Å². The number of nitrogens with zero attached hydrogens (tertiary/aromatic N) is 1. The van der Waals surface area contributed by atoms with Crippen molar-refractivity contribution in [3.63, 3.8) is 0 Å². The standard InChI is InChI=1S/C20H19N3O4/c1-12-18(13-7-9-14(25-2)10-8-13)19(23-22-12)21-20(24)17-11-26-15-5-3-4-6-16(15)27-17/h3-10,17H,11H2,1-2H3,(H2,21,22,23,24)/t17-/m0/s1. The number of amides is 1. The fourth-order valence-corrected chi connectivity index (χ4v) is 2.98. The maximum atomic E-state index is 12.7. The third-order valence-electron chi connectivity index (χ3n) is 4.37. The van der Waals surface area contributed by atoms with Gasteiger partial charge in [-0.05, 0) is 36.8 Å². The van der Waals surface area contributed by atoms with Crippen LogP contribution < -0.4 is 19.5 Å². The van der Waals surface area contributed by atoms with Gasteiger partial charge in [-0.1, -0.05) is 24.3 Å². The van der Waals surface area contributed by atoms with E-state index in [9.17, 15) is 4.79 Å². The zero-order valence-corrected chi connectivity index (χ0v) is 15.0. The van der Waals surface area contributed by atoms with Crippen LogP contribution in [-0.4, -0.2) is 35.9 Å². The molecule has 7 heteroatoms. The molecular formula is C20H19N3O4. The summed E-state index contributed by atoms with van der Waals surface area (Å²) in [6.07, 6.45) is -0.749. The number of methoxy groups -OCH3 is 1. The molecule has 2 N–H and O–H groups in total. The van der Waals surface area contributed by atoms with E-state index in [1.807, 2.05) is 49.4 Å². The number of para-hydroxylation sites is 2. The molecule has 27 heavy (non-hydrogen) atoms. The molecule has 0 aliphatic carbocycles. The lowest BCUT2D eigenvalue weighted by Gasteiger charge is -2.25. The largest absolute Gasteiger partial charge is 0.497 e. The molecule has 138 valence electrons. The average Bonchev–Trinajstić information content (AvgIpc) is 3.07. The van der Waals surface area contributed by atoms with Crippen LogP contribution in [0.3, 0.4) is 0 Å². The summed E-state index contributed by atoms with van der Waals surface area (Å²) in [7, 11) is 1.62. The number of aromatic nitrogens is 2. The van der Waals surface area contributed by atoms with Gasteiger partial charge in [-0.15, -0.1) is 0 Å². The van der Waals surface area contributed by atoms with Gasteiger partial charge in [-0.3, -0.25) is 9.89 Å². The first kappa shape index (κ1) is 17.0. The third-order valence-corrected chi connectivity index (χ3v) is 4.37. The Morgan fingerprint density at radius 2 is 1.93 bits per heavy atom. The van der Waals surface area contributed by atoms with Crippen LogP contribution in [0.1, 0.15) is 5.69 Å². The fraction of sp³-hybridized carbons (Fsp3) is 0.200. The van der Waals surface area contributed by atoms with E-state index in [1.54, 1.807) is 13.2 Å². The summed E-state index contributed by atoms with van der Waals surface area (Å²) in [6.45, 7) is 2.04. The number of nitrogens with one attached hydrogen (secondary N) is 2. The molecule has 0 saturated carbocycles. The van der Waals surface area contributed by atoms with Crippen LogP contribution in [-0.2, 0) is 4.79 Å². The molecule has 2 aromatic carbocycles. The van der Waals surface area contributed by atoms with E-state index in [0.717, 1.165) is 22.6 Å². The molecule has 0 fully saturated rings. The maximum Gasteiger partial charge on any atom is 0.270 e. The summed E-state index contributed by atoms with van der Waals surface area (Å²) in [5.74, 6) is 2.08. The fourth-order valence-electron chi connectivity index (χ4n) is 2.98. The molecule has 0 radical (unpaired) electrons. The van der Waals surface area contributed by atoms with E-state index in [2.05, 4.69) is 15.5 Å². The second kappa shape index (κ2) is 7.03. The quantitative estimate of drug-likeness (QED) is 0.742. The van der Waals surface area contributed by atoms with Gasteiger partial charge in [0, 0.05) is 11.3 Å². The number of aryl methyl sites for hydroxylation is 1. The molecule has 0 saturated heterocycles. The van der Waals surface area contributed by atoms with E-state index in [4.69, 9.17) is 14.2 Å². The van der Waals surface area contributed by atoms with Crippen LogP contribution in [0.25, 0.3) is 11.1 Å². The molecule has 1 aliphatic heterocycles. The number of anilines is 1. The van der Waals surface area contributed by atoms with Crippen molar-refractivity contribution < 1.29 is 19.0 Å². The van der Waals surface area contributed by atoms with Crippen molar-refractivity contribution in [2.45, 2.75) is 13.0 Å². The summed E-state index contributed by atoms with van der Waals surface area (Å²) in [6, 6.07) is 14.8. The number of hydrogen-bond acceptors (Lipinski definition) is 5. The van der Waals surface area contributed by atoms with E-state index < -0.39 is 6.10 Å². The molecular weight excluding hydrogens is 346 g/mol. The maximum absolute atomic E-state index is 12.7. The highest BCUT2D eigenvalue weighted by molar-refractivity contribution is 5.97. The van der Waals surface area contributed by atoms with Crippen molar-refractivity contribution in [3.8, 4) is 28.4 Å². The molecule has 2 heterocycles. The number of ether oxygens (including phenoxy) is 3. The zero-order valence-electron chi connectivity index (χ0n) is 15.0. The Bertz CT molecular complexity index is 966. The summed E-state index contributed by atoms with van der Waals surface area (Å²) < 4.78 is 16.6. The third kappa shape index (κ3) is 3.31. The number of rotatable bonds is 4. The van der Waals surface area contributed by atoms with Gasteiger partial charge >= 0.3 is 0 Å².